The van der Waals surface area contributed by atoms with Gasteiger partial charge in [-0.3, -0.25) is 0 Å². The van der Waals surface area contributed by atoms with E-state index >= 15 is 0 Å². The molecule has 3 N–H and O–H groups in total. The summed E-state index contributed by atoms with van der Waals surface area (Å²) in [6.45, 7) is 4.03. The van der Waals surface area contributed by atoms with Gasteiger partial charge in [-0.1, -0.05) is 0 Å². The van der Waals surface area contributed by atoms with Gasteiger partial charge in [0.15, 0.2) is 0 Å². The summed E-state index contributed by atoms with van der Waals surface area (Å²) in [6, 6.07) is 0.443. The fourth-order valence-corrected chi connectivity index (χ4v) is 2.91. The molecule has 0 aliphatic heterocycles. The molecule has 2 rings (SSSR count). The third-order valence-corrected chi connectivity index (χ3v) is 3.92. The topological polar surface area (TPSA) is 50.9 Å². The molecule has 1 aliphatic carbocycles. The highest BCUT2D eigenvalue weighted by Gasteiger charge is 2.20. The second-order valence-corrected chi connectivity index (χ2v) is 5.40. The Labute approximate surface area is 95.1 Å². The lowest BCUT2D eigenvalue weighted by Gasteiger charge is -2.09. The van der Waals surface area contributed by atoms with Crippen molar-refractivity contribution in [1.29, 1.82) is 0 Å². The van der Waals surface area contributed by atoms with Crippen molar-refractivity contribution in [3.63, 3.8) is 0 Å². The van der Waals surface area contributed by atoms with Gasteiger partial charge < -0.3 is 11.1 Å². The molecule has 84 valence electrons. The molecule has 0 spiro atoms. The first kappa shape index (κ1) is 11.0. The van der Waals surface area contributed by atoms with E-state index in [9.17, 15) is 0 Å². The minimum Gasteiger partial charge on any atom is -0.328 e. The zero-order valence-electron chi connectivity index (χ0n) is 9.20. The van der Waals surface area contributed by atoms with Gasteiger partial charge in [0, 0.05) is 23.7 Å². The van der Waals surface area contributed by atoms with E-state index in [-0.39, 0.29) is 0 Å². The molecule has 0 saturated heterocycles. The van der Waals surface area contributed by atoms with E-state index in [1.807, 2.05) is 6.92 Å². The molecule has 0 bridgehead atoms. The molecule has 2 unspecified atom stereocenters. The van der Waals surface area contributed by atoms with Crippen LogP contribution in [-0.2, 0) is 6.54 Å². The number of aromatic nitrogens is 1. The highest BCUT2D eigenvalue weighted by Crippen LogP contribution is 2.23. The smallest absolute Gasteiger partial charge is 0.107 e. The Balaban J connectivity index is 1.67. The third kappa shape index (κ3) is 3.26. The first-order valence-electron chi connectivity index (χ1n) is 5.61. The zero-order chi connectivity index (χ0) is 10.7. The van der Waals surface area contributed by atoms with Crippen molar-refractivity contribution in [3.05, 3.63) is 16.1 Å². The molecule has 15 heavy (non-hydrogen) atoms. The van der Waals surface area contributed by atoms with Crippen LogP contribution in [0.4, 0.5) is 0 Å². The van der Waals surface area contributed by atoms with Crippen molar-refractivity contribution >= 4 is 11.3 Å². The normalized spacial score (nSPS) is 26.0. The maximum absolute atomic E-state index is 5.87. The minimum absolute atomic E-state index is 0.443. The van der Waals surface area contributed by atoms with Gasteiger partial charge in [0.25, 0.3) is 0 Å². The number of hydrogen-bond donors (Lipinski definition) is 2. The van der Waals surface area contributed by atoms with E-state index in [4.69, 9.17) is 5.73 Å². The number of nitrogens with zero attached hydrogens (tertiary/aromatic N) is 1. The van der Waals surface area contributed by atoms with E-state index in [0.717, 1.165) is 24.7 Å². The van der Waals surface area contributed by atoms with Crippen LogP contribution in [0.15, 0.2) is 5.38 Å². The molecule has 1 saturated carbocycles. The molecule has 2 atom stereocenters. The van der Waals surface area contributed by atoms with Crippen LogP contribution in [0.5, 0.6) is 0 Å². The fourth-order valence-electron chi connectivity index (χ4n) is 2.17. The average molecular weight is 225 g/mol. The Hall–Kier alpha value is -0.450. The molecule has 1 aromatic heterocycles. The van der Waals surface area contributed by atoms with Crippen LogP contribution in [0.1, 0.15) is 30.0 Å². The van der Waals surface area contributed by atoms with Crippen LogP contribution < -0.4 is 11.1 Å². The predicted molar refractivity (Wildman–Crippen MR) is 63.9 cm³/mol. The van der Waals surface area contributed by atoms with Crippen molar-refractivity contribution in [1.82, 2.24) is 10.3 Å². The van der Waals surface area contributed by atoms with E-state index in [0.29, 0.717) is 6.04 Å². The van der Waals surface area contributed by atoms with Crippen molar-refractivity contribution in [2.45, 2.75) is 38.8 Å². The molecular formula is C11H19N3S. The number of hydrogen-bond acceptors (Lipinski definition) is 4. The minimum atomic E-state index is 0.443. The monoisotopic (exact) mass is 225 g/mol. The SMILES string of the molecule is Cc1csc(CNCC2CCC(N)C2)n1. The van der Waals surface area contributed by atoms with E-state index in [1.165, 1.54) is 24.3 Å². The maximum Gasteiger partial charge on any atom is 0.107 e. The Morgan fingerprint density at radius 2 is 2.47 bits per heavy atom. The molecule has 4 heteroatoms. The van der Waals surface area contributed by atoms with Gasteiger partial charge in [0.2, 0.25) is 0 Å². The number of rotatable bonds is 4. The van der Waals surface area contributed by atoms with E-state index < -0.39 is 0 Å². The molecule has 1 aliphatic rings. The lowest BCUT2D eigenvalue weighted by molar-refractivity contribution is 0.482. The van der Waals surface area contributed by atoms with Crippen molar-refractivity contribution < 1.29 is 0 Å². The number of nitrogens with one attached hydrogen (secondary N) is 1. The fraction of sp³-hybridized carbons (Fsp3) is 0.727. The van der Waals surface area contributed by atoms with E-state index in [1.54, 1.807) is 11.3 Å². The predicted octanol–water partition coefficient (Wildman–Crippen LogP) is 1.67. The van der Waals surface area contributed by atoms with Crippen molar-refractivity contribution in [3.8, 4) is 0 Å². The van der Waals surface area contributed by atoms with Crippen LogP contribution in [-0.4, -0.2) is 17.6 Å². The van der Waals surface area contributed by atoms with Crippen LogP contribution in [0.25, 0.3) is 0 Å². The average Bonchev–Trinajstić information content (AvgIpc) is 2.76. The van der Waals surface area contributed by atoms with Gasteiger partial charge in [-0.25, -0.2) is 4.98 Å². The lowest BCUT2D eigenvalue weighted by atomic mass is 10.1. The Bertz CT molecular complexity index is 311. The summed E-state index contributed by atoms with van der Waals surface area (Å²) < 4.78 is 0. The van der Waals surface area contributed by atoms with Gasteiger partial charge in [0.1, 0.15) is 5.01 Å². The number of aryl methyl sites for hydroxylation is 1. The summed E-state index contributed by atoms with van der Waals surface area (Å²) in [4.78, 5) is 4.42. The highest BCUT2D eigenvalue weighted by atomic mass is 32.1. The zero-order valence-corrected chi connectivity index (χ0v) is 10.0. The Morgan fingerprint density at radius 3 is 3.07 bits per heavy atom. The van der Waals surface area contributed by atoms with Crippen LogP contribution in [0.3, 0.4) is 0 Å². The summed E-state index contributed by atoms with van der Waals surface area (Å²) in [7, 11) is 0. The van der Waals surface area contributed by atoms with Crippen LogP contribution >= 0.6 is 11.3 Å². The number of nitrogens with two attached hydrogens (primary N) is 1. The van der Waals surface area contributed by atoms with Gasteiger partial charge in [-0.15, -0.1) is 11.3 Å². The highest BCUT2D eigenvalue weighted by molar-refractivity contribution is 7.09. The number of thiazole rings is 1. The van der Waals surface area contributed by atoms with Gasteiger partial charge >= 0.3 is 0 Å². The standard InChI is InChI=1S/C11H19N3S/c1-8-7-15-11(14-8)6-13-5-9-2-3-10(12)4-9/h7,9-10,13H,2-6,12H2,1H3. The lowest BCUT2D eigenvalue weighted by Crippen LogP contribution is -2.22. The van der Waals surface area contributed by atoms with Crippen LogP contribution in [0, 0.1) is 12.8 Å². The quantitative estimate of drug-likeness (QED) is 0.819. The molecule has 1 aromatic rings. The summed E-state index contributed by atoms with van der Waals surface area (Å²) in [5, 5.41) is 6.76. The molecule has 1 fully saturated rings. The first-order chi connectivity index (χ1) is 7.24. The van der Waals surface area contributed by atoms with Gasteiger partial charge in [0.05, 0.1) is 0 Å². The third-order valence-electron chi connectivity index (χ3n) is 2.96. The summed E-state index contributed by atoms with van der Waals surface area (Å²) in [5.41, 5.74) is 7.00. The van der Waals surface area contributed by atoms with Crippen LogP contribution in [0.2, 0.25) is 0 Å². The first-order valence-corrected chi connectivity index (χ1v) is 6.49. The molecule has 0 amide bonds. The summed E-state index contributed by atoms with van der Waals surface area (Å²) in [5.74, 6) is 0.779. The molecular weight excluding hydrogens is 206 g/mol. The Kier molecular flexibility index (Phi) is 3.72. The Morgan fingerprint density at radius 1 is 1.60 bits per heavy atom. The second-order valence-electron chi connectivity index (χ2n) is 4.45. The summed E-state index contributed by atoms with van der Waals surface area (Å²) in [6.07, 6.45) is 3.66. The molecule has 0 radical (unpaired) electrons. The second kappa shape index (κ2) is 5.05. The van der Waals surface area contributed by atoms with Gasteiger partial charge in [-0.2, -0.15) is 0 Å². The van der Waals surface area contributed by atoms with Gasteiger partial charge in [-0.05, 0) is 38.6 Å². The van der Waals surface area contributed by atoms with Crippen molar-refractivity contribution in [2.75, 3.05) is 6.54 Å². The maximum atomic E-state index is 5.87. The largest absolute Gasteiger partial charge is 0.328 e. The molecule has 0 aromatic carbocycles. The summed E-state index contributed by atoms with van der Waals surface area (Å²) >= 11 is 1.73. The molecule has 3 nitrogen and oxygen atoms in total. The van der Waals surface area contributed by atoms with Crippen molar-refractivity contribution in [2.24, 2.45) is 11.7 Å². The molecule has 1 heterocycles. The van der Waals surface area contributed by atoms with E-state index in [2.05, 4.69) is 15.7 Å².